The summed E-state index contributed by atoms with van der Waals surface area (Å²) in [5, 5.41) is 13.1. The number of nitrogens with zero attached hydrogens (tertiary/aromatic N) is 4. The van der Waals surface area contributed by atoms with E-state index < -0.39 is 0 Å². The van der Waals surface area contributed by atoms with Gasteiger partial charge in [0.15, 0.2) is 10.8 Å². The summed E-state index contributed by atoms with van der Waals surface area (Å²) in [5.74, 6) is 2.23. The number of anilines is 1. The summed E-state index contributed by atoms with van der Waals surface area (Å²) in [5.41, 5.74) is 1.81. The zero-order valence-electron chi connectivity index (χ0n) is 20.1. The zero-order valence-corrected chi connectivity index (χ0v) is 21.7. The van der Waals surface area contributed by atoms with Crippen LogP contribution in [0.25, 0.3) is 11.0 Å². The number of fused-ring (bicyclic) bond motifs is 1. The van der Waals surface area contributed by atoms with Crippen LogP contribution in [0, 0.1) is 5.92 Å². The first-order chi connectivity index (χ1) is 15.9. The van der Waals surface area contributed by atoms with Crippen LogP contribution in [0.5, 0.6) is 0 Å². The summed E-state index contributed by atoms with van der Waals surface area (Å²) >= 11 is 3.43. The molecule has 1 amide bonds. The van der Waals surface area contributed by atoms with E-state index in [4.69, 9.17) is 4.98 Å². The first-order valence-electron chi connectivity index (χ1n) is 11.5. The summed E-state index contributed by atoms with van der Waals surface area (Å²) in [6.07, 6.45) is 2.17. The van der Waals surface area contributed by atoms with Gasteiger partial charge in [0, 0.05) is 23.2 Å². The van der Waals surface area contributed by atoms with Crippen LogP contribution in [0.4, 0.5) is 5.82 Å². The van der Waals surface area contributed by atoms with Crippen LogP contribution in [0.1, 0.15) is 40.2 Å². The zero-order chi connectivity index (χ0) is 23.8. The minimum absolute atomic E-state index is 0.00636. The predicted octanol–water partition coefficient (Wildman–Crippen LogP) is 4.87. The molecule has 0 saturated carbocycles. The van der Waals surface area contributed by atoms with E-state index in [1.807, 2.05) is 28.6 Å². The minimum Gasteiger partial charge on any atom is -0.369 e. The normalized spacial score (nSPS) is 11.5. The van der Waals surface area contributed by atoms with Crippen LogP contribution >= 0.6 is 23.5 Å². The quantitative estimate of drug-likeness (QED) is 0.279. The van der Waals surface area contributed by atoms with Gasteiger partial charge < -0.3 is 10.6 Å². The minimum atomic E-state index is 0.00636. The largest absolute Gasteiger partial charge is 0.369 e. The highest BCUT2D eigenvalue weighted by Gasteiger charge is 2.14. The van der Waals surface area contributed by atoms with Crippen molar-refractivity contribution in [3.63, 3.8) is 0 Å². The molecule has 0 aliphatic rings. The van der Waals surface area contributed by atoms with E-state index in [2.05, 4.69) is 67.5 Å². The average molecular weight is 487 g/mol. The summed E-state index contributed by atoms with van der Waals surface area (Å²) in [6, 6.07) is 8.22. The van der Waals surface area contributed by atoms with Gasteiger partial charge in [-0.15, -0.1) is 11.8 Å². The van der Waals surface area contributed by atoms with E-state index >= 15 is 0 Å². The first kappa shape index (κ1) is 25.4. The van der Waals surface area contributed by atoms with Crippen LogP contribution in [0.2, 0.25) is 0 Å². The molecule has 2 aromatic heterocycles. The highest BCUT2D eigenvalue weighted by Crippen LogP contribution is 2.25. The third-order valence-corrected chi connectivity index (χ3v) is 6.48. The van der Waals surface area contributed by atoms with Gasteiger partial charge >= 0.3 is 0 Å². The smallest absolute Gasteiger partial charge is 0.224 e. The number of thioether (sulfide) groups is 2. The molecule has 0 aliphatic carbocycles. The molecule has 0 bridgehead atoms. The maximum atomic E-state index is 12.4. The van der Waals surface area contributed by atoms with Gasteiger partial charge in [0.1, 0.15) is 5.82 Å². The van der Waals surface area contributed by atoms with Crippen molar-refractivity contribution in [2.75, 3.05) is 24.2 Å². The molecule has 178 valence electrons. The fourth-order valence-corrected chi connectivity index (χ4v) is 4.64. The van der Waals surface area contributed by atoms with Crippen molar-refractivity contribution in [2.24, 2.45) is 5.92 Å². The molecule has 0 saturated heterocycles. The van der Waals surface area contributed by atoms with Crippen LogP contribution in [0.15, 0.2) is 40.5 Å². The Balaban J connectivity index is 1.60. The number of aromatic nitrogens is 4. The summed E-state index contributed by atoms with van der Waals surface area (Å²) in [4.78, 5) is 23.0. The van der Waals surface area contributed by atoms with Crippen molar-refractivity contribution in [1.29, 1.82) is 0 Å². The van der Waals surface area contributed by atoms with Gasteiger partial charge in [0.25, 0.3) is 0 Å². The maximum Gasteiger partial charge on any atom is 0.224 e. The molecule has 0 unspecified atom stereocenters. The first-order valence-corrected chi connectivity index (χ1v) is 13.3. The van der Waals surface area contributed by atoms with Crippen molar-refractivity contribution in [1.82, 2.24) is 25.1 Å². The SMILES string of the molecule is CCSc1nc(NCC(C)C)c2cnn(CCNC(=O)Cc3ccc(SC(C)C)cc3)c2n1. The Kier molecular flexibility index (Phi) is 9.43. The Bertz CT molecular complexity index is 1050. The second-order valence-corrected chi connectivity index (χ2v) is 11.4. The number of amides is 1. The average Bonchev–Trinajstić information content (AvgIpc) is 3.16. The molecule has 3 rings (SSSR count). The number of carbonyl (C=O) groups excluding carboxylic acids is 1. The molecule has 2 N–H and O–H groups in total. The van der Waals surface area contributed by atoms with Gasteiger partial charge in [-0.3, -0.25) is 4.79 Å². The van der Waals surface area contributed by atoms with Crippen LogP contribution < -0.4 is 10.6 Å². The lowest BCUT2D eigenvalue weighted by Crippen LogP contribution is -2.28. The monoisotopic (exact) mass is 486 g/mol. The molecule has 0 fully saturated rings. The van der Waals surface area contributed by atoms with E-state index in [0.29, 0.717) is 30.7 Å². The Labute approximate surface area is 204 Å². The van der Waals surface area contributed by atoms with Crippen molar-refractivity contribution in [3.8, 4) is 0 Å². The lowest BCUT2D eigenvalue weighted by molar-refractivity contribution is -0.120. The van der Waals surface area contributed by atoms with Crippen LogP contribution in [-0.2, 0) is 17.8 Å². The van der Waals surface area contributed by atoms with Gasteiger partial charge in [-0.05, 0) is 29.4 Å². The Morgan fingerprint density at radius 3 is 2.55 bits per heavy atom. The predicted molar refractivity (Wildman–Crippen MR) is 139 cm³/mol. The second kappa shape index (κ2) is 12.3. The highest BCUT2D eigenvalue weighted by atomic mass is 32.2. The molecule has 33 heavy (non-hydrogen) atoms. The van der Waals surface area contributed by atoms with Gasteiger partial charge in [0.2, 0.25) is 5.91 Å². The molecule has 2 heterocycles. The summed E-state index contributed by atoms with van der Waals surface area (Å²) < 4.78 is 1.84. The van der Waals surface area contributed by atoms with Gasteiger partial charge in [0.05, 0.1) is 24.5 Å². The Morgan fingerprint density at radius 2 is 1.88 bits per heavy atom. The number of nitrogens with one attached hydrogen (secondary N) is 2. The van der Waals surface area contributed by atoms with E-state index in [1.54, 1.807) is 18.0 Å². The van der Waals surface area contributed by atoms with Crippen LogP contribution in [0.3, 0.4) is 0 Å². The standard InChI is InChI=1S/C24H34N6OS2/c1-6-32-24-28-22(26-14-16(2)3)20-15-27-30(23(20)29-24)12-11-25-21(31)13-18-7-9-19(10-8-18)33-17(4)5/h7-10,15-17H,6,11-14H2,1-5H3,(H,25,31)(H,26,28,29). The number of carbonyl (C=O) groups is 1. The topological polar surface area (TPSA) is 84.7 Å². The Morgan fingerprint density at radius 1 is 1.12 bits per heavy atom. The molecule has 0 atom stereocenters. The third-order valence-electron chi connectivity index (χ3n) is 4.73. The Hall–Kier alpha value is -2.26. The molecule has 7 nitrogen and oxygen atoms in total. The highest BCUT2D eigenvalue weighted by molar-refractivity contribution is 8.00. The van der Waals surface area contributed by atoms with Gasteiger partial charge in [-0.25, -0.2) is 14.6 Å². The lowest BCUT2D eigenvalue weighted by atomic mass is 10.1. The molecule has 0 radical (unpaired) electrons. The third kappa shape index (κ3) is 7.64. The molecular weight excluding hydrogens is 452 g/mol. The number of benzene rings is 1. The van der Waals surface area contributed by atoms with E-state index in [9.17, 15) is 4.79 Å². The molecule has 1 aromatic carbocycles. The lowest BCUT2D eigenvalue weighted by Gasteiger charge is -2.11. The molecule has 9 heteroatoms. The number of hydrogen-bond acceptors (Lipinski definition) is 7. The van der Waals surface area contributed by atoms with Gasteiger partial charge in [-0.1, -0.05) is 58.5 Å². The molecule has 0 spiro atoms. The van der Waals surface area contributed by atoms with Crippen LogP contribution in [-0.4, -0.2) is 49.7 Å². The van der Waals surface area contributed by atoms with Crippen molar-refractivity contribution in [3.05, 3.63) is 36.0 Å². The fraction of sp³-hybridized carbons (Fsp3) is 0.500. The van der Waals surface area contributed by atoms with E-state index in [-0.39, 0.29) is 5.91 Å². The van der Waals surface area contributed by atoms with Crippen molar-refractivity contribution < 1.29 is 4.79 Å². The molecular formula is C24H34N6OS2. The number of hydrogen-bond donors (Lipinski definition) is 2. The van der Waals surface area contributed by atoms with E-state index in [0.717, 1.165) is 39.9 Å². The van der Waals surface area contributed by atoms with Gasteiger partial charge in [-0.2, -0.15) is 5.10 Å². The summed E-state index contributed by atoms with van der Waals surface area (Å²) in [6.45, 7) is 12.6. The molecule has 3 aromatic rings. The molecule has 0 aliphatic heterocycles. The fourth-order valence-electron chi connectivity index (χ4n) is 3.24. The number of rotatable bonds is 12. The maximum absolute atomic E-state index is 12.4. The second-order valence-electron chi connectivity index (χ2n) is 8.50. The van der Waals surface area contributed by atoms with Crippen molar-refractivity contribution in [2.45, 2.75) is 62.9 Å². The summed E-state index contributed by atoms with van der Waals surface area (Å²) in [7, 11) is 0. The van der Waals surface area contributed by atoms with E-state index in [1.165, 1.54) is 4.90 Å². The van der Waals surface area contributed by atoms with Crippen molar-refractivity contribution >= 4 is 46.3 Å².